The Kier molecular flexibility index (Phi) is 8.07. The molecule has 0 unspecified atom stereocenters. The average molecular weight is 551 g/mol. The fraction of sp³-hybridized carbons (Fsp3) is 0.375. The molecular formula is C32H38N8O. The summed E-state index contributed by atoms with van der Waals surface area (Å²) in [6.45, 7) is 10.8. The standard InChI is InChI=1S/C32H38N8O/c1-3-38-14-16-39(17-15-38)21-25-7-5-24(6-8-25)18-29(41)26-9-4-23(2)28(19-26)37-32-33-12-13-40(32)31-20-30(34-22-35-31)36-27-10-11-27/h4-9,12-13,19-20,22,27H,3,10-11,14-18,21H2,1-2H3,(H,33,37)(H,34,35,36). The zero-order valence-electron chi connectivity index (χ0n) is 23.9. The van der Waals surface area contributed by atoms with Gasteiger partial charge < -0.3 is 15.5 Å². The summed E-state index contributed by atoms with van der Waals surface area (Å²) in [5.41, 5.74) is 4.86. The van der Waals surface area contributed by atoms with Crippen LogP contribution in [0.25, 0.3) is 5.82 Å². The number of carbonyl (C=O) groups excluding carboxylic acids is 1. The number of hydrogen-bond acceptors (Lipinski definition) is 8. The second-order valence-electron chi connectivity index (χ2n) is 11.1. The summed E-state index contributed by atoms with van der Waals surface area (Å²) in [7, 11) is 0. The Morgan fingerprint density at radius 3 is 2.44 bits per heavy atom. The highest BCUT2D eigenvalue weighted by Gasteiger charge is 2.22. The topological polar surface area (TPSA) is 91.2 Å². The summed E-state index contributed by atoms with van der Waals surface area (Å²) in [6.07, 6.45) is 7.88. The molecule has 0 bridgehead atoms. The van der Waals surface area contributed by atoms with Gasteiger partial charge in [-0.15, -0.1) is 0 Å². The lowest BCUT2D eigenvalue weighted by Gasteiger charge is -2.34. The molecule has 0 amide bonds. The highest BCUT2D eigenvalue weighted by Crippen LogP contribution is 2.26. The van der Waals surface area contributed by atoms with E-state index >= 15 is 0 Å². The quantitative estimate of drug-likeness (QED) is 0.256. The molecule has 9 nitrogen and oxygen atoms in total. The molecule has 3 heterocycles. The van der Waals surface area contributed by atoms with E-state index in [4.69, 9.17) is 0 Å². The number of Topliss-reactive ketones (excluding diaryl/α,β-unsaturated/α-hetero) is 1. The molecule has 0 spiro atoms. The summed E-state index contributed by atoms with van der Waals surface area (Å²) in [5.74, 6) is 2.25. The van der Waals surface area contributed by atoms with Crippen LogP contribution in [0, 0.1) is 6.92 Å². The van der Waals surface area contributed by atoms with E-state index in [1.165, 1.54) is 18.4 Å². The van der Waals surface area contributed by atoms with E-state index in [0.29, 0.717) is 24.0 Å². The molecule has 0 radical (unpaired) electrons. The van der Waals surface area contributed by atoms with Gasteiger partial charge in [0.15, 0.2) is 5.78 Å². The smallest absolute Gasteiger partial charge is 0.213 e. The predicted molar refractivity (Wildman–Crippen MR) is 162 cm³/mol. The van der Waals surface area contributed by atoms with Crippen molar-refractivity contribution in [3.8, 4) is 5.82 Å². The third-order valence-electron chi connectivity index (χ3n) is 7.98. The van der Waals surface area contributed by atoms with Crippen LogP contribution in [0.5, 0.6) is 0 Å². The van der Waals surface area contributed by atoms with Crippen molar-refractivity contribution in [1.29, 1.82) is 0 Å². The zero-order valence-corrected chi connectivity index (χ0v) is 23.9. The van der Waals surface area contributed by atoms with E-state index in [0.717, 1.165) is 67.7 Å². The molecule has 2 aromatic heterocycles. The van der Waals surface area contributed by atoms with Crippen molar-refractivity contribution in [3.05, 3.63) is 89.5 Å². The Hall–Kier alpha value is -4.08. The second-order valence-corrected chi connectivity index (χ2v) is 11.1. The Morgan fingerprint density at radius 1 is 0.927 bits per heavy atom. The maximum absolute atomic E-state index is 13.3. The molecule has 1 aliphatic carbocycles. The van der Waals surface area contributed by atoms with Crippen LogP contribution in [-0.4, -0.2) is 73.9 Å². The molecule has 0 atom stereocenters. The minimum Gasteiger partial charge on any atom is -0.367 e. The van der Waals surface area contributed by atoms with Gasteiger partial charge in [-0.25, -0.2) is 15.0 Å². The molecule has 2 N–H and O–H groups in total. The summed E-state index contributed by atoms with van der Waals surface area (Å²) in [4.78, 5) is 31.6. The SMILES string of the molecule is CCN1CCN(Cc2ccc(CC(=O)c3ccc(C)c(Nc4nccn4-c4cc(NC5CC5)ncn4)c3)cc2)CC1. The largest absolute Gasteiger partial charge is 0.367 e. The lowest BCUT2D eigenvalue weighted by atomic mass is 10.00. The van der Waals surface area contributed by atoms with Gasteiger partial charge in [-0.1, -0.05) is 43.3 Å². The molecule has 212 valence electrons. The van der Waals surface area contributed by atoms with Gasteiger partial charge in [0.05, 0.1) is 0 Å². The second kappa shape index (κ2) is 12.2. The van der Waals surface area contributed by atoms with Crippen LogP contribution in [0.1, 0.15) is 46.8 Å². The number of carbonyl (C=O) groups is 1. The molecule has 2 fully saturated rings. The number of anilines is 3. The van der Waals surface area contributed by atoms with Gasteiger partial charge in [0.25, 0.3) is 0 Å². The number of rotatable bonds is 11. The Bertz CT molecular complexity index is 1490. The molecule has 9 heteroatoms. The lowest BCUT2D eigenvalue weighted by Crippen LogP contribution is -2.45. The number of ketones is 1. The van der Waals surface area contributed by atoms with E-state index in [-0.39, 0.29) is 5.78 Å². The van der Waals surface area contributed by atoms with Gasteiger partial charge in [0, 0.05) is 74.9 Å². The molecule has 4 aromatic rings. The number of benzene rings is 2. The van der Waals surface area contributed by atoms with Crippen molar-refractivity contribution in [2.45, 2.75) is 45.7 Å². The maximum Gasteiger partial charge on any atom is 0.213 e. The van der Waals surface area contributed by atoms with E-state index < -0.39 is 0 Å². The van der Waals surface area contributed by atoms with Gasteiger partial charge in [-0.2, -0.15) is 0 Å². The van der Waals surface area contributed by atoms with E-state index in [9.17, 15) is 4.79 Å². The van der Waals surface area contributed by atoms with Crippen molar-refractivity contribution in [2.24, 2.45) is 0 Å². The Labute approximate surface area is 241 Å². The first-order chi connectivity index (χ1) is 20.0. The number of hydrogen-bond donors (Lipinski definition) is 2. The van der Waals surface area contributed by atoms with Gasteiger partial charge in [0.2, 0.25) is 5.95 Å². The monoisotopic (exact) mass is 550 g/mol. The third-order valence-corrected chi connectivity index (χ3v) is 7.98. The average Bonchev–Trinajstić information content (AvgIpc) is 3.69. The molecule has 1 saturated heterocycles. The number of nitrogens with one attached hydrogen (secondary N) is 2. The number of piperazine rings is 1. The molecule has 1 saturated carbocycles. The molecule has 2 aliphatic rings. The lowest BCUT2D eigenvalue weighted by molar-refractivity contribution is 0.0993. The Balaban J connectivity index is 1.10. The van der Waals surface area contributed by atoms with Crippen molar-refractivity contribution in [2.75, 3.05) is 43.4 Å². The van der Waals surface area contributed by atoms with Crippen molar-refractivity contribution in [1.82, 2.24) is 29.3 Å². The van der Waals surface area contributed by atoms with Crippen LogP contribution in [0.3, 0.4) is 0 Å². The number of aryl methyl sites for hydroxylation is 1. The van der Waals surface area contributed by atoms with Crippen LogP contribution in [0.2, 0.25) is 0 Å². The minimum atomic E-state index is 0.0893. The number of aromatic nitrogens is 4. The van der Waals surface area contributed by atoms with Crippen molar-refractivity contribution >= 4 is 23.2 Å². The molecule has 6 rings (SSSR count). The van der Waals surface area contributed by atoms with E-state index in [1.807, 2.05) is 42.0 Å². The molecule has 2 aromatic carbocycles. The molecule has 1 aliphatic heterocycles. The van der Waals surface area contributed by atoms with Gasteiger partial charge in [-0.3, -0.25) is 14.3 Å². The van der Waals surface area contributed by atoms with Gasteiger partial charge >= 0.3 is 0 Å². The summed E-state index contributed by atoms with van der Waals surface area (Å²) < 4.78 is 1.89. The number of nitrogens with zero attached hydrogens (tertiary/aromatic N) is 6. The maximum atomic E-state index is 13.3. The molecular weight excluding hydrogens is 512 g/mol. The van der Waals surface area contributed by atoms with E-state index in [1.54, 1.807) is 12.5 Å². The summed E-state index contributed by atoms with van der Waals surface area (Å²) in [6, 6.07) is 16.7. The first-order valence-electron chi connectivity index (χ1n) is 14.6. The summed E-state index contributed by atoms with van der Waals surface area (Å²) in [5, 5.41) is 6.83. The van der Waals surface area contributed by atoms with Crippen LogP contribution >= 0.6 is 0 Å². The van der Waals surface area contributed by atoms with Crippen molar-refractivity contribution < 1.29 is 4.79 Å². The number of likely N-dealkylation sites (N-methyl/N-ethyl adjacent to an activating group) is 1. The minimum absolute atomic E-state index is 0.0893. The fourth-order valence-corrected chi connectivity index (χ4v) is 5.20. The molecule has 41 heavy (non-hydrogen) atoms. The summed E-state index contributed by atoms with van der Waals surface area (Å²) >= 11 is 0. The van der Waals surface area contributed by atoms with Crippen LogP contribution < -0.4 is 10.6 Å². The van der Waals surface area contributed by atoms with Crippen LogP contribution in [0.15, 0.2) is 67.3 Å². The van der Waals surface area contributed by atoms with E-state index in [2.05, 4.69) is 66.6 Å². The first kappa shape index (κ1) is 27.1. The highest BCUT2D eigenvalue weighted by molar-refractivity contribution is 5.98. The van der Waals surface area contributed by atoms with Crippen LogP contribution in [0.4, 0.5) is 17.5 Å². The van der Waals surface area contributed by atoms with Crippen molar-refractivity contribution in [3.63, 3.8) is 0 Å². The van der Waals surface area contributed by atoms with Gasteiger partial charge in [-0.05, 0) is 49.1 Å². The fourth-order valence-electron chi connectivity index (χ4n) is 5.20. The van der Waals surface area contributed by atoms with Crippen LogP contribution in [-0.2, 0) is 13.0 Å². The number of imidazole rings is 1. The zero-order chi connectivity index (χ0) is 28.2. The Morgan fingerprint density at radius 2 is 1.68 bits per heavy atom. The first-order valence-corrected chi connectivity index (χ1v) is 14.6. The predicted octanol–water partition coefficient (Wildman–Crippen LogP) is 4.85. The normalized spacial score (nSPS) is 16.0. The third kappa shape index (κ3) is 6.81. The highest BCUT2D eigenvalue weighted by atomic mass is 16.1. The van der Waals surface area contributed by atoms with Gasteiger partial charge in [0.1, 0.15) is 18.0 Å².